The molecule has 2 aromatic heterocycles. The van der Waals surface area contributed by atoms with Crippen LogP contribution in [-0.2, 0) is 16.1 Å². The summed E-state index contributed by atoms with van der Waals surface area (Å²) in [7, 11) is 0. The zero-order valence-electron chi connectivity index (χ0n) is 21.8. The quantitative estimate of drug-likeness (QED) is 0.106. The fourth-order valence-corrected chi connectivity index (χ4v) is 8.20. The van der Waals surface area contributed by atoms with E-state index in [1.807, 2.05) is 6.07 Å². The molecule has 0 N–H and O–H groups in total. The monoisotopic (exact) mass is 666 g/mol. The Labute approximate surface area is 267 Å². The highest BCUT2D eigenvalue weighted by atomic mass is 35.5. The molecule has 8 nitrogen and oxygen atoms in total. The van der Waals surface area contributed by atoms with Crippen molar-refractivity contribution in [3.05, 3.63) is 121 Å². The van der Waals surface area contributed by atoms with Gasteiger partial charge in [0.15, 0.2) is 15.3 Å². The molecule has 0 fully saturated rings. The first-order chi connectivity index (χ1) is 20.7. The van der Waals surface area contributed by atoms with Crippen molar-refractivity contribution in [2.75, 3.05) is 16.3 Å². The van der Waals surface area contributed by atoms with Gasteiger partial charge in [-0.05, 0) is 42.0 Å². The SMILES string of the molecule is C=CCN1C(=O)C2(c3ccccc31)c1c(oc3ccc(Cl)cc3c1=O)C(=O)N2c1nnc(SCc2ccc(Cl)cc2Cl)s1. The number of amides is 2. The van der Waals surface area contributed by atoms with Crippen molar-refractivity contribution in [2.24, 2.45) is 0 Å². The Morgan fingerprint density at radius 2 is 1.77 bits per heavy atom. The summed E-state index contributed by atoms with van der Waals surface area (Å²) < 4.78 is 6.60. The summed E-state index contributed by atoms with van der Waals surface area (Å²) in [6, 6.07) is 16.8. The third kappa shape index (κ3) is 4.16. The van der Waals surface area contributed by atoms with Crippen LogP contribution in [0.4, 0.5) is 10.8 Å². The van der Waals surface area contributed by atoms with Crippen LogP contribution in [-0.4, -0.2) is 28.6 Å². The van der Waals surface area contributed by atoms with Gasteiger partial charge < -0.3 is 9.32 Å². The van der Waals surface area contributed by atoms with Crippen LogP contribution in [0.5, 0.6) is 0 Å². The number of carbonyl (C=O) groups is 2. The van der Waals surface area contributed by atoms with Crippen molar-refractivity contribution in [3.8, 4) is 0 Å². The summed E-state index contributed by atoms with van der Waals surface area (Å²) in [6.45, 7) is 3.95. The zero-order valence-corrected chi connectivity index (χ0v) is 25.7. The molecule has 13 heteroatoms. The summed E-state index contributed by atoms with van der Waals surface area (Å²) in [5.41, 5.74) is -0.504. The van der Waals surface area contributed by atoms with Crippen LogP contribution in [0, 0.1) is 0 Å². The van der Waals surface area contributed by atoms with Crippen molar-refractivity contribution in [1.29, 1.82) is 0 Å². The van der Waals surface area contributed by atoms with Crippen molar-refractivity contribution >= 4 is 91.5 Å². The van der Waals surface area contributed by atoms with Gasteiger partial charge in [-0.25, -0.2) is 0 Å². The lowest BCUT2D eigenvalue weighted by molar-refractivity contribution is -0.121. The number of halogens is 3. The largest absolute Gasteiger partial charge is 0.450 e. The van der Waals surface area contributed by atoms with Crippen LogP contribution in [0.3, 0.4) is 0 Å². The number of carbonyl (C=O) groups excluding carboxylic acids is 2. The standard InChI is InChI=1S/C30H17Cl3N4O4S2/c1-2-11-36-21-6-4-3-5-19(21)30(27(36)40)23-24(38)18-12-16(31)9-10-22(18)41-25(23)26(39)37(30)28-34-35-29(43-28)42-14-15-7-8-17(32)13-20(15)33/h2-10,12-13H,1,11,14H2. The van der Waals surface area contributed by atoms with Gasteiger partial charge in [-0.1, -0.05) is 88.2 Å². The van der Waals surface area contributed by atoms with Gasteiger partial charge in [0.05, 0.1) is 16.6 Å². The van der Waals surface area contributed by atoms with E-state index in [1.54, 1.807) is 48.5 Å². The molecule has 5 aromatic rings. The summed E-state index contributed by atoms with van der Waals surface area (Å²) in [6.07, 6.45) is 1.58. The maximum Gasteiger partial charge on any atom is 0.297 e. The third-order valence-corrected chi connectivity index (χ3v) is 10.3. The highest BCUT2D eigenvalue weighted by Crippen LogP contribution is 2.54. The Hall–Kier alpha value is -3.67. The van der Waals surface area contributed by atoms with Crippen molar-refractivity contribution in [1.82, 2.24) is 10.2 Å². The molecular formula is C30H17Cl3N4O4S2. The molecular weight excluding hydrogens is 651 g/mol. The lowest BCUT2D eigenvalue weighted by atomic mass is 9.84. The molecule has 3 aromatic carbocycles. The van der Waals surface area contributed by atoms with Crippen LogP contribution in [0.2, 0.25) is 15.1 Å². The highest BCUT2D eigenvalue weighted by molar-refractivity contribution is 8.00. The first-order valence-corrected chi connectivity index (χ1v) is 15.7. The topological polar surface area (TPSA) is 96.6 Å². The van der Waals surface area contributed by atoms with E-state index in [2.05, 4.69) is 16.8 Å². The molecule has 1 spiro atoms. The Morgan fingerprint density at radius 1 is 1.00 bits per heavy atom. The van der Waals surface area contributed by atoms with Gasteiger partial charge in [0.2, 0.25) is 10.9 Å². The fourth-order valence-electron chi connectivity index (χ4n) is 5.57. The maximum atomic E-state index is 14.6. The summed E-state index contributed by atoms with van der Waals surface area (Å²) in [5.74, 6) is -0.959. The minimum Gasteiger partial charge on any atom is -0.450 e. The second-order valence-electron chi connectivity index (χ2n) is 9.72. The molecule has 0 saturated heterocycles. The average Bonchev–Trinajstić information content (AvgIpc) is 3.62. The van der Waals surface area contributed by atoms with Crippen LogP contribution >= 0.6 is 57.9 Å². The third-order valence-electron chi connectivity index (χ3n) is 7.35. The van der Waals surface area contributed by atoms with E-state index < -0.39 is 22.8 Å². The number of rotatable bonds is 6. The summed E-state index contributed by atoms with van der Waals surface area (Å²) >= 11 is 21.1. The minimum absolute atomic E-state index is 0.0892. The van der Waals surface area contributed by atoms with E-state index in [1.165, 1.54) is 33.7 Å². The second-order valence-corrected chi connectivity index (χ2v) is 13.2. The molecule has 2 aliphatic rings. The molecule has 1 atom stereocenters. The highest BCUT2D eigenvalue weighted by Gasteiger charge is 2.66. The van der Waals surface area contributed by atoms with Gasteiger partial charge >= 0.3 is 0 Å². The minimum atomic E-state index is -1.88. The average molecular weight is 668 g/mol. The predicted molar refractivity (Wildman–Crippen MR) is 170 cm³/mol. The molecule has 4 heterocycles. The smallest absolute Gasteiger partial charge is 0.297 e. The lowest BCUT2D eigenvalue weighted by Gasteiger charge is -2.31. The predicted octanol–water partition coefficient (Wildman–Crippen LogP) is 7.33. The van der Waals surface area contributed by atoms with Gasteiger partial charge in [0, 0.05) is 32.9 Å². The Balaban J connectivity index is 1.42. The Morgan fingerprint density at radius 3 is 2.56 bits per heavy atom. The van der Waals surface area contributed by atoms with E-state index >= 15 is 0 Å². The van der Waals surface area contributed by atoms with Crippen LogP contribution in [0.25, 0.3) is 11.0 Å². The normalized spacial score (nSPS) is 17.3. The second kappa shape index (κ2) is 10.5. The van der Waals surface area contributed by atoms with Crippen LogP contribution in [0.15, 0.2) is 86.9 Å². The number of anilines is 2. The van der Waals surface area contributed by atoms with Gasteiger partial charge in [-0.15, -0.1) is 16.8 Å². The molecule has 43 heavy (non-hydrogen) atoms. The maximum absolute atomic E-state index is 14.6. The number of fused-ring (bicyclic) bond motifs is 5. The molecule has 2 amide bonds. The van der Waals surface area contributed by atoms with Crippen molar-refractivity contribution in [3.63, 3.8) is 0 Å². The van der Waals surface area contributed by atoms with E-state index in [0.717, 1.165) is 16.9 Å². The first kappa shape index (κ1) is 28.1. The van der Waals surface area contributed by atoms with E-state index in [-0.39, 0.29) is 34.0 Å². The van der Waals surface area contributed by atoms with Crippen LogP contribution < -0.4 is 15.2 Å². The first-order valence-electron chi connectivity index (χ1n) is 12.8. The number of hydrogen-bond acceptors (Lipinski definition) is 8. The summed E-state index contributed by atoms with van der Waals surface area (Å²) in [4.78, 5) is 45.9. The Bertz CT molecular complexity index is 2080. The molecule has 1 unspecified atom stereocenters. The molecule has 0 aliphatic carbocycles. The van der Waals surface area contributed by atoms with Gasteiger partial charge in [0.1, 0.15) is 5.58 Å². The van der Waals surface area contributed by atoms with Crippen LogP contribution in [0.1, 0.15) is 27.2 Å². The Kier molecular flexibility index (Phi) is 6.87. The number of aromatic nitrogens is 2. The van der Waals surface area contributed by atoms with Crippen molar-refractivity contribution < 1.29 is 14.0 Å². The number of hydrogen-bond donors (Lipinski definition) is 0. The lowest BCUT2D eigenvalue weighted by Crippen LogP contribution is -2.53. The number of para-hydroxylation sites is 1. The van der Waals surface area contributed by atoms with E-state index in [4.69, 9.17) is 39.2 Å². The van der Waals surface area contributed by atoms with Gasteiger partial charge in [-0.3, -0.25) is 19.3 Å². The molecule has 0 bridgehead atoms. The molecule has 2 aliphatic heterocycles. The van der Waals surface area contributed by atoms with Crippen molar-refractivity contribution in [2.45, 2.75) is 15.6 Å². The number of thioether (sulfide) groups is 1. The van der Waals surface area contributed by atoms with Gasteiger partial charge in [-0.2, -0.15) is 0 Å². The van der Waals surface area contributed by atoms with E-state index in [9.17, 15) is 14.4 Å². The van der Waals surface area contributed by atoms with Gasteiger partial charge in [0.25, 0.3) is 11.8 Å². The molecule has 0 radical (unpaired) electrons. The molecule has 0 saturated carbocycles. The summed E-state index contributed by atoms with van der Waals surface area (Å²) in [5, 5.41) is 10.3. The zero-order chi connectivity index (χ0) is 30.0. The number of benzene rings is 3. The van der Waals surface area contributed by atoms with E-state index in [0.29, 0.717) is 36.4 Å². The fraction of sp³-hybridized carbons (Fsp3) is 0.100. The number of nitrogens with zero attached hydrogens (tertiary/aromatic N) is 4. The molecule has 7 rings (SSSR count). The molecule has 214 valence electrons.